The SMILES string of the molecule is O=C(O)CC(=O)ONc1ccccn1. The molecule has 0 saturated heterocycles. The Morgan fingerprint density at radius 3 is 2.86 bits per heavy atom. The number of nitrogens with zero attached hydrogens (tertiary/aromatic N) is 1. The second-order valence-corrected chi connectivity index (χ2v) is 2.36. The standard InChI is InChI=1S/C8H8N2O4/c11-7(12)5-8(13)14-10-6-3-1-2-4-9-6/h1-4H,5H2,(H,9,10)(H,11,12). The van der Waals surface area contributed by atoms with Crippen molar-refractivity contribution in [3.8, 4) is 0 Å². The van der Waals surface area contributed by atoms with Crippen LogP contribution in [0.4, 0.5) is 5.82 Å². The quantitative estimate of drug-likeness (QED) is 0.536. The van der Waals surface area contributed by atoms with Crippen molar-refractivity contribution in [1.82, 2.24) is 4.98 Å². The molecular formula is C8H8N2O4. The van der Waals surface area contributed by atoms with Gasteiger partial charge in [-0.25, -0.2) is 15.3 Å². The Kier molecular flexibility index (Phi) is 3.42. The molecule has 0 fully saturated rings. The van der Waals surface area contributed by atoms with Crippen LogP contribution in [0, 0.1) is 0 Å². The molecule has 1 aromatic rings. The van der Waals surface area contributed by atoms with Crippen molar-refractivity contribution in [1.29, 1.82) is 0 Å². The van der Waals surface area contributed by atoms with Crippen LogP contribution in [0.3, 0.4) is 0 Å². The number of carbonyl (C=O) groups excluding carboxylic acids is 1. The zero-order chi connectivity index (χ0) is 10.4. The number of carboxylic acid groups (broad SMARTS) is 1. The molecule has 74 valence electrons. The second-order valence-electron chi connectivity index (χ2n) is 2.36. The third-order valence-electron chi connectivity index (χ3n) is 1.23. The van der Waals surface area contributed by atoms with E-state index < -0.39 is 18.4 Å². The highest BCUT2D eigenvalue weighted by Crippen LogP contribution is 1.99. The number of nitrogens with one attached hydrogen (secondary N) is 1. The Labute approximate surface area is 79.5 Å². The van der Waals surface area contributed by atoms with Crippen molar-refractivity contribution in [2.75, 3.05) is 5.48 Å². The van der Waals surface area contributed by atoms with E-state index in [0.717, 1.165) is 0 Å². The van der Waals surface area contributed by atoms with E-state index in [0.29, 0.717) is 5.82 Å². The fourth-order valence-corrected chi connectivity index (χ4v) is 0.692. The first-order valence-corrected chi connectivity index (χ1v) is 3.77. The van der Waals surface area contributed by atoms with Gasteiger partial charge >= 0.3 is 11.9 Å². The predicted octanol–water partition coefficient (Wildman–Crippen LogP) is 0.426. The Morgan fingerprint density at radius 1 is 1.50 bits per heavy atom. The summed E-state index contributed by atoms with van der Waals surface area (Å²) in [5.41, 5.74) is 2.23. The molecule has 0 radical (unpaired) electrons. The average molecular weight is 196 g/mol. The second kappa shape index (κ2) is 4.80. The molecule has 1 rings (SSSR count). The number of aromatic nitrogens is 1. The summed E-state index contributed by atoms with van der Waals surface area (Å²) in [6.07, 6.45) is 0.827. The third kappa shape index (κ3) is 3.53. The molecule has 6 heteroatoms. The van der Waals surface area contributed by atoms with Crippen LogP contribution in [0.5, 0.6) is 0 Å². The minimum Gasteiger partial charge on any atom is -0.481 e. The van der Waals surface area contributed by atoms with Gasteiger partial charge in [0.2, 0.25) is 0 Å². The molecule has 0 aliphatic rings. The van der Waals surface area contributed by atoms with Gasteiger partial charge in [0.15, 0.2) is 5.82 Å². The van der Waals surface area contributed by atoms with E-state index in [9.17, 15) is 9.59 Å². The van der Waals surface area contributed by atoms with Gasteiger partial charge in [-0.15, -0.1) is 0 Å². The topological polar surface area (TPSA) is 88.5 Å². The zero-order valence-corrected chi connectivity index (χ0v) is 7.14. The van der Waals surface area contributed by atoms with Gasteiger partial charge in [-0.1, -0.05) is 6.07 Å². The van der Waals surface area contributed by atoms with Crippen molar-refractivity contribution in [3.05, 3.63) is 24.4 Å². The lowest BCUT2D eigenvalue weighted by Gasteiger charge is -2.03. The molecule has 0 aromatic carbocycles. The number of hydrogen-bond donors (Lipinski definition) is 2. The molecular weight excluding hydrogens is 188 g/mol. The van der Waals surface area contributed by atoms with Crippen molar-refractivity contribution in [2.24, 2.45) is 0 Å². The van der Waals surface area contributed by atoms with Gasteiger partial charge in [-0.3, -0.25) is 4.79 Å². The fourth-order valence-electron chi connectivity index (χ4n) is 0.692. The van der Waals surface area contributed by atoms with E-state index in [2.05, 4.69) is 15.3 Å². The van der Waals surface area contributed by atoms with Crippen molar-refractivity contribution < 1.29 is 19.5 Å². The highest BCUT2D eigenvalue weighted by Gasteiger charge is 2.08. The molecule has 0 saturated carbocycles. The maximum Gasteiger partial charge on any atom is 0.343 e. The fraction of sp³-hybridized carbons (Fsp3) is 0.125. The number of carboxylic acids is 1. The van der Waals surface area contributed by atoms with Gasteiger partial charge in [0.1, 0.15) is 6.42 Å². The van der Waals surface area contributed by atoms with E-state index in [-0.39, 0.29) is 0 Å². The Hall–Kier alpha value is -2.11. The lowest BCUT2D eigenvalue weighted by molar-refractivity contribution is -0.149. The van der Waals surface area contributed by atoms with Crippen LogP contribution in [-0.4, -0.2) is 22.0 Å². The van der Waals surface area contributed by atoms with Crippen LogP contribution in [-0.2, 0) is 14.4 Å². The minimum absolute atomic E-state index is 0.339. The summed E-state index contributed by atoms with van der Waals surface area (Å²) in [6, 6.07) is 4.97. The molecule has 0 amide bonds. The average Bonchev–Trinajstić information content (AvgIpc) is 2.15. The molecule has 0 atom stereocenters. The summed E-state index contributed by atoms with van der Waals surface area (Å²) in [7, 11) is 0. The van der Waals surface area contributed by atoms with E-state index >= 15 is 0 Å². The Morgan fingerprint density at radius 2 is 2.29 bits per heavy atom. The van der Waals surface area contributed by atoms with E-state index in [1.807, 2.05) is 0 Å². The van der Waals surface area contributed by atoms with Gasteiger partial charge in [-0.2, -0.15) is 0 Å². The summed E-state index contributed by atoms with van der Waals surface area (Å²) in [6.45, 7) is 0. The maximum atomic E-state index is 10.7. The highest BCUT2D eigenvalue weighted by molar-refractivity contribution is 5.90. The minimum atomic E-state index is -1.24. The summed E-state index contributed by atoms with van der Waals surface area (Å²) in [4.78, 5) is 29.0. The first kappa shape index (κ1) is 9.97. The molecule has 0 bridgehead atoms. The summed E-state index contributed by atoms with van der Waals surface area (Å²) >= 11 is 0. The molecule has 0 unspecified atom stereocenters. The smallest absolute Gasteiger partial charge is 0.343 e. The lowest BCUT2D eigenvalue weighted by Crippen LogP contribution is -2.14. The molecule has 0 aliphatic heterocycles. The monoisotopic (exact) mass is 196 g/mol. The number of hydrogen-bond acceptors (Lipinski definition) is 5. The van der Waals surface area contributed by atoms with E-state index in [1.165, 1.54) is 6.20 Å². The van der Waals surface area contributed by atoms with Gasteiger partial charge in [-0.05, 0) is 12.1 Å². The van der Waals surface area contributed by atoms with E-state index in [1.54, 1.807) is 18.2 Å². The van der Waals surface area contributed by atoms with Crippen LogP contribution in [0.2, 0.25) is 0 Å². The Balaban J connectivity index is 2.34. The molecule has 2 N–H and O–H groups in total. The van der Waals surface area contributed by atoms with Crippen molar-refractivity contribution in [2.45, 2.75) is 6.42 Å². The molecule has 1 heterocycles. The summed E-state index contributed by atoms with van der Waals surface area (Å²) < 4.78 is 0. The lowest BCUT2D eigenvalue weighted by atomic mass is 10.4. The number of aliphatic carboxylic acids is 1. The van der Waals surface area contributed by atoms with Crippen molar-refractivity contribution >= 4 is 17.8 Å². The number of rotatable bonds is 4. The van der Waals surface area contributed by atoms with Crippen molar-refractivity contribution in [3.63, 3.8) is 0 Å². The van der Waals surface area contributed by atoms with Gasteiger partial charge in [0.25, 0.3) is 0 Å². The molecule has 1 aromatic heterocycles. The van der Waals surface area contributed by atoms with Crippen LogP contribution in [0.1, 0.15) is 6.42 Å². The number of carbonyl (C=O) groups is 2. The van der Waals surface area contributed by atoms with Crippen LogP contribution in [0.15, 0.2) is 24.4 Å². The first-order valence-electron chi connectivity index (χ1n) is 3.77. The highest BCUT2D eigenvalue weighted by atomic mass is 16.7. The molecule has 0 spiro atoms. The van der Waals surface area contributed by atoms with E-state index in [4.69, 9.17) is 5.11 Å². The largest absolute Gasteiger partial charge is 0.481 e. The predicted molar refractivity (Wildman–Crippen MR) is 46.2 cm³/mol. The van der Waals surface area contributed by atoms with Gasteiger partial charge in [0.05, 0.1) is 0 Å². The van der Waals surface area contributed by atoms with Crippen LogP contribution in [0.25, 0.3) is 0 Å². The summed E-state index contributed by atoms with van der Waals surface area (Å²) in [5, 5.41) is 8.24. The zero-order valence-electron chi connectivity index (χ0n) is 7.14. The summed E-state index contributed by atoms with van der Waals surface area (Å²) in [5.74, 6) is -1.77. The number of pyridine rings is 1. The maximum absolute atomic E-state index is 10.7. The van der Waals surface area contributed by atoms with Crippen LogP contribution < -0.4 is 5.48 Å². The normalized spacial score (nSPS) is 9.14. The molecule has 14 heavy (non-hydrogen) atoms. The molecule has 0 aliphatic carbocycles. The molecule has 6 nitrogen and oxygen atoms in total. The third-order valence-corrected chi connectivity index (χ3v) is 1.23. The van der Waals surface area contributed by atoms with Gasteiger partial charge in [0, 0.05) is 6.20 Å². The number of anilines is 1. The Bertz CT molecular complexity index is 325. The first-order chi connectivity index (χ1) is 6.68. The van der Waals surface area contributed by atoms with Crippen LogP contribution >= 0.6 is 0 Å². The van der Waals surface area contributed by atoms with Gasteiger partial charge < -0.3 is 9.94 Å².